The molecule has 2 rings (SSSR count). The molecule has 0 unspecified atom stereocenters. The van der Waals surface area contributed by atoms with Crippen LogP contribution in [0.2, 0.25) is 0 Å². The van der Waals surface area contributed by atoms with Gasteiger partial charge in [-0.15, -0.1) is 0 Å². The number of amides is 3. The highest BCUT2D eigenvalue weighted by Gasteiger charge is 2.53. The van der Waals surface area contributed by atoms with E-state index >= 15 is 0 Å². The number of carbonyl (C=O) groups is 3. The number of aliphatic carboxylic acids is 1. The van der Waals surface area contributed by atoms with Crippen LogP contribution in [-0.2, 0) is 4.79 Å². The number of urea groups is 1. The fourth-order valence-corrected chi connectivity index (χ4v) is 2.80. The molecule has 148 valence electrons. The third-order valence-electron chi connectivity index (χ3n) is 4.16. The molecule has 1 fully saturated rings. The van der Waals surface area contributed by atoms with E-state index in [9.17, 15) is 27.6 Å². The first kappa shape index (κ1) is 20.5. The van der Waals surface area contributed by atoms with E-state index in [1.807, 2.05) is 0 Å². The minimum absolute atomic E-state index is 0.0456. The van der Waals surface area contributed by atoms with E-state index < -0.39 is 43.1 Å². The van der Waals surface area contributed by atoms with Crippen LogP contribution in [0.15, 0.2) is 24.3 Å². The van der Waals surface area contributed by atoms with Crippen LogP contribution in [0.4, 0.5) is 23.7 Å². The highest BCUT2D eigenvalue weighted by Crippen LogP contribution is 2.37. The number of nitrogens with zero attached hydrogens (tertiary/aromatic N) is 1. The van der Waals surface area contributed by atoms with E-state index in [1.165, 1.54) is 24.3 Å². The Morgan fingerprint density at radius 1 is 1.15 bits per heavy atom. The zero-order chi connectivity index (χ0) is 20.4. The second kappa shape index (κ2) is 7.85. The van der Waals surface area contributed by atoms with Gasteiger partial charge in [-0.3, -0.25) is 9.59 Å². The molecule has 7 nitrogen and oxygen atoms in total. The zero-order valence-electron chi connectivity index (χ0n) is 14.7. The van der Waals surface area contributed by atoms with E-state index in [2.05, 4.69) is 10.6 Å². The molecular weight excluding hydrogens is 367 g/mol. The number of halogens is 3. The number of likely N-dealkylation sites (tertiary alicyclic amines) is 1. The fourth-order valence-electron chi connectivity index (χ4n) is 2.80. The maximum Gasteiger partial charge on any atom is 0.394 e. The predicted molar refractivity (Wildman–Crippen MR) is 90.3 cm³/mol. The van der Waals surface area contributed by atoms with E-state index in [1.54, 1.807) is 13.8 Å². The minimum atomic E-state index is -4.70. The Kier molecular flexibility index (Phi) is 5.97. The lowest BCUT2D eigenvalue weighted by molar-refractivity contribution is -0.187. The number of alkyl halides is 3. The number of carbonyl (C=O) groups excluding carboxylic acids is 2. The number of carboxylic acid groups (broad SMARTS) is 1. The molecule has 0 bridgehead atoms. The molecule has 1 aliphatic rings. The lowest BCUT2D eigenvalue weighted by atomic mass is 9.96. The van der Waals surface area contributed by atoms with Gasteiger partial charge < -0.3 is 20.6 Å². The van der Waals surface area contributed by atoms with Crippen molar-refractivity contribution in [1.29, 1.82) is 0 Å². The Hall–Kier alpha value is -2.78. The summed E-state index contributed by atoms with van der Waals surface area (Å²) < 4.78 is 39.0. The van der Waals surface area contributed by atoms with Crippen LogP contribution in [0.5, 0.6) is 0 Å². The van der Waals surface area contributed by atoms with Crippen LogP contribution in [0.3, 0.4) is 0 Å². The van der Waals surface area contributed by atoms with Gasteiger partial charge in [0, 0.05) is 30.4 Å². The first-order chi connectivity index (χ1) is 12.5. The second-order valence-corrected chi connectivity index (χ2v) is 6.63. The standard InChI is InChI=1S/C17H20F3N3O4/c1-9(2)21-14(24)10-3-5-11(6-4-10)22-16(27)23-7-12(15(25)26)13(8-23)17(18,19)20/h3-6,9,12-13H,7-8H2,1-2H3,(H,21,24)(H,22,27)(H,25,26)/t12-,13-/m1/s1. The minimum Gasteiger partial charge on any atom is -0.481 e. The summed E-state index contributed by atoms with van der Waals surface area (Å²) in [6.07, 6.45) is -4.70. The highest BCUT2D eigenvalue weighted by atomic mass is 19.4. The van der Waals surface area contributed by atoms with Gasteiger partial charge in [-0.05, 0) is 38.1 Å². The van der Waals surface area contributed by atoms with Gasteiger partial charge in [-0.1, -0.05) is 0 Å². The summed E-state index contributed by atoms with van der Waals surface area (Å²) in [6, 6.07) is 4.95. The molecule has 1 saturated heterocycles. The van der Waals surface area contributed by atoms with E-state index in [0.29, 0.717) is 5.56 Å². The van der Waals surface area contributed by atoms with Crippen molar-refractivity contribution in [2.45, 2.75) is 26.1 Å². The molecule has 0 aromatic heterocycles. The molecule has 1 aliphatic heterocycles. The van der Waals surface area contributed by atoms with E-state index in [4.69, 9.17) is 5.11 Å². The lowest BCUT2D eigenvalue weighted by Crippen LogP contribution is -2.35. The quantitative estimate of drug-likeness (QED) is 0.739. The summed E-state index contributed by atoms with van der Waals surface area (Å²) >= 11 is 0. The molecule has 0 saturated carbocycles. The SMILES string of the molecule is CC(C)NC(=O)c1ccc(NC(=O)N2C[C@@H](C(F)(F)F)[C@H](C(=O)O)C2)cc1. The molecule has 2 atom stereocenters. The Labute approximate surface area is 153 Å². The van der Waals surface area contributed by atoms with Crippen LogP contribution < -0.4 is 10.6 Å². The van der Waals surface area contributed by atoms with Crippen molar-refractivity contribution < 1.29 is 32.7 Å². The summed E-state index contributed by atoms with van der Waals surface area (Å²) in [5.74, 6) is -5.69. The molecular formula is C17H20F3N3O4. The largest absolute Gasteiger partial charge is 0.481 e. The van der Waals surface area contributed by atoms with Gasteiger partial charge in [0.25, 0.3) is 5.91 Å². The number of nitrogens with one attached hydrogen (secondary N) is 2. The topological polar surface area (TPSA) is 98.7 Å². The Balaban J connectivity index is 2.03. The average molecular weight is 387 g/mol. The first-order valence-electron chi connectivity index (χ1n) is 8.25. The number of carboxylic acids is 1. The van der Waals surface area contributed by atoms with Crippen molar-refractivity contribution in [3.05, 3.63) is 29.8 Å². The maximum absolute atomic E-state index is 13.0. The Morgan fingerprint density at radius 2 is 1.74 bits per heavy atom. The lowest BCUT2D eigenvalue weighted by Gasteiger charge is -2.18. The summed E-state index contributed by atoms with van der Waals surface area (Å²) in [7, 11) is 0. The van der Waals surface area contributed by atoms with Gasteiger partial charge >= 0.3 is 18.2 Å². The third-order valence-corrected chi connectivity index (χ3v) is 4.16. The van der Waals surface area contributed by atoms with E-state index in [0.717, 1.165) is 4.90 Å². The van der Waals surface area contributed by atoms with E-state index in [-0.39, 0.29) is 17.6 Å². The number of anilines is 1. The molecule has 0 spiro atoms. The second-order valence-electron chi connectivity index (χ2n) is 6.63. The van der Waals surface area contributed by atoms with Crippen molar-refractivity contribution in [1.82, 2.24) is 10.2 Å². The molecule has 1 aromatic rings. The maximum atomic E-state index is 13.0. The summed E-state index contributed by atoms with van der Waals surface area (Å²) in [4.78, 5) is 36.0. The van der Waals surface area contributed by atoms with Crippen molar-refractivity contribution in [3.63, 3.8) is 0 Å². The van der Waals surface area contributed by atoms with Gasteiger partial charge in [0.15, 0.2) is 0 Å². The molecule has 3 N–H and O–H groups in total. The fraction of sp³-hybridized carbons (Fsp3) is 0.471. The van der Waals surface area contributed by atoms with Crippen molar-refractivity contribution >= 4 is 23.6 Å². The molecule has 1 aromatic carbocycles. The van der Waals surface area contributed by atoms with Crippen LogP contribution in [0, 0.1) is 11.8 Å². The summed E-state index contributed by atoms with van der Waals surface area (Å²) in [5, 5.41) is 14.1. The predicted octanol–water partition coefficient (Wildman–Crippen LogP) is 2.55. The van der Waals surface area contributed by atoms with Gasteiger partial charge in [0.2, 0.25) is 0 Å². The number of hydrogen-bond acceptors (Lipinski definition) is 3. The Bertz CT molecular complexity index is 719. The van der Waals surface area contributed by atoms with Crippen molar-refractivity contribution in [3.8, 4) is 0 Å². The molecule has 27 heavy (non-hydrogen) atoms. The summed E-state index contributed by atoms with van der Waals surface area (Å²) in [6.45, 7) is 2.36. The normalized spacial score (nSPS) is 19.9. The molecule has 10 heteroatoms. The third kappa shape index (κ3) is 5.11. The van der Waals surface area contributed by atoms with Crippen LogP contribution >= 0.6 is 0 Å². The number of hydrogen-bond donors (Lipinski definition) is 3. The number of benzene rings is 1. The first-order valence-corrected chi connectivity index (χ1v) is 8.25. The van der Waals surface area contributed by atoms with Gasteiger partial charge in [-0.2, -0.15) is 13.2 Å². The molecule has 3 amide bonds. The van der Waals surface area contributed by atoms with Gasteiger partial charge in [0.05, 0.1) is 11.8 Å². The van der Waals surface area contributed by atoms with Crippen LogP contribution in [0.1, 0.15) is 24.2 Å². The molecule has 1 heterocycles. The van der Waals surface area contributed by atoms with Gasteiger partial charge in [-0.25, -0.2) is 4.79 Å². The van der Waals surface area contributed by atoms with Crippen molar-refractivity contribution in [2.24, 2.45) is 11.8 Å². The van der Waals surface area contributed by atoms with Crippen LogP contribution in [0.25, 0.3) is 0 Å². The Morgan fingerprint density at radius 3 is 2.19 bits per heavy atom. The monoisotopic (exact) mass is 387 g/mol. The average Bonchev–Trinajstić information content (AvgIpc) is 3.01. The summed E-state index contributed by atoms with van der Waals surface area (Å²) in [5.41, 5.74) is 0.648. The highest BCUT2D eigenvalue weighted by molar-refractivity contribution is 5.95. The van der Waals surface area contributed by atoms with Crippen molar-refractivity contribution in [2.75, 3.05) is 18.4 Å². The zero-order valence-corrected chi connectivity index (χ0v) is 14.7. The number of rotatable bonds is 4. The van der Waals surface area contributed by atoms with Gasteiger partial charge in [0.1, 0.15) is 0 Å². The smallest absolute Gasteiger partial charge is 0.394 e. The molecule has 0 aliphatic carbocycles. The van der Waals surface area contributed by atoms with Crippen LogP contribution in [-0.4, -0.2) is 53.2 Å². The molecule has 0 radical (unpaired) electrons.